The minimum absolute atomic E-state index is 0.247. The van der Waals surface area contributed by atoms with Gasteiger partial charge in [0, 0.05) is 17.9 Å². The molecule has 1 atom stereocenters. The van der Waals surface area contributed by atoms with E-state index in [0.29, 0.717) is 26.6 Å². The number of piperidine rings is 1. The first-order valence-electron chi connectivity index (χ1n) is 11.8. The number of likely N-dealkylation sites (tertiary alicyclic amines) is 1. The molecule has 1 fully saturated rings. The highest BCUT2D eigenvalue weighted by Gasteiger charge is 2.21. The fourth-order valence-corrected chi connectivity index (χ4v) is 5.50. The predicted octanol–water partition coefficient (Wildman–Crippen LogP) is 5.06. The Kier molecular flexibility index (Phi) is 6.95. The average Bonchev–Trinajstić information content (AvgIpc) is 3.21. The number of nitrogens with two attached hydrogens (primary N) is 1. The summed E-state index contributed by atoms with van der Waals surface area (Å²) in [6.07, 6.45) is 5.36. The smallest absolute Gasteiger partial charge is 0.267 e. The number of thiophene rings is 1. The Hall–Kier alpha value is -3.06. The standard InChI is InChI=1S/C26H29N6OPS/c1-16-13-19(9-10-20(16)34)30-24-21-22(27)23(35-26(21)29-15-28-24)25(33)31-18-7-5-17(6-8-18)14-32-11-3-2-4-12-32/h5-10,13,15H,2-4,11-12,14,27,34H2,1H3,(H,31,33)(H,28,29,30). The average molecular weight is 505 g/mol. The van der Waals surface area contributed by atoms with E-state index in [1.54, 1.807) is 0 Å². The Balaban J connectivity index is 1.33. The number of anilines is 4. The molecule has 9 heteroatoms. The van der Waals surface area contributed by atoms with E-state index in [-0.39, 0.29) is 5.91 Å². The first-order chi connectivity index (χ1) is 17.0. The normalized spacial score (nSPS) is 14.2. The molecular formula is C26H29N6OPS. The van der Waals surface area contributed by atoms with Gasteiger partial charge in [0.2, 0.25) is 0 Å². The number of amides is 1. The third-order valence-corrected chi connectivity index (χ3v) is 8.09. The van der Waals surface area contributed by atoms with Gasteiger partial charge in [0.05, 0.1) is 11.1 Å². The van der Waals surface area contributed by atoms with Crippen molar-refractivity contribution in [2.75, 3.05) is 29.5 Å². The molecule has 2 aromatic carbocycles. The highest BCUT2D eigenvalue weighted by Crippen LogP contribution is 2.37. The quantitative estimate of drug-likeness (QED) is 0.318. The van der Waals surface area contributed by atoms with Gasteiger partial charge >= 0.3 is 0 Å². The van der Waals surface area contributed by atoms with E-state index >= 15 is 0 Å². The van der Waals surface area contributed by atoms with Crippen molar-refractivity contribution in [1.29, 1.82) is 0 Å². The number of fused-ring (bicyclic) bond motifs is 1. The molecule has 1 amide bonds. The largest absolute Gasteiger partial charge is 0.397 e. The van der Waals surface area contributed by atoms with Gasteiger partial charge in [0.25, 0.3) is 5.91 Å². The predicted molar refractivity (Wildman–Crippen MR) is 149 cm³/mol. The summed E-state index contributed by atoms with van der Waals surface area (Å²) in [5, 5.41) is 8.10. The van der Waals surface area contributed by atoms with Crippen LogP contribution in [0.4, 0.5) is 22.9 Å². The van der Waals surface area contributed by atoms with Gasteiger partial charge in [-0.2, -0.15) is 0 Å². The number of aryl methyl sites for hydroxylation is 1. The van der Waals surface area contributed by atoms with Gasteiger partial charge in [-0.15, -0.1) is 20.6 Å². The van der Waals surface area contributed by atoms with E-state index < -0.39 is 0 Å². The van der Waals surface area contributed by atoms with Crippen molar-refractivity contribution in [3.05, 3.63) is 64.8 Å². The first kappa shape index (κ1) is 23.7. The summed E-state index contributed by atoms with van der Waals surface area (Å²) in [5.41, 5.74) is 10.9. The number of benzene rings is 2. The van der Waals surface area contributed by atoms with Crippen molar-refractivity contribution in [2.24, 2.45) is 0 Å². The van der Waals surface area contributed by atoms with Crippen LogP contribution in [0.1, 0.15) is 40.1 Å². The second-order valence-corrected chi connectivity index (χ2v) is 10.6. The molecular weight excluding hydrogens is 475 g/mol. The lowest BCUT2D eigenvalue weighted by Crippen LogP contribution is -2.29. The fourth-order valence-electron chi connectivity index (χ4n) is 4.37. The molecule has 1 unspecified atom stereocenters. The highest BCUT2D eigenvalue weighted by molar-refractivity contribution is 7.27. The SMILES string of the molecule is Cc1cc(Nc2ncnc3sc(C(=O)Nc4ccc(CN5CCCCC5)cc4)c(N)c23)ccc1P. The van der Waals surface area contributed by atoms with Gasteiger partial charge < -0.3 is 16.4 Å². The fraction of sp³-hybridized carbons (Fsp3) is 0.269. The third kappa shape index (κ3) is 5.30. The molecule has 3 heterocycles. The Morgan fingerprint density at radius 1 is 1.09 bits per heavy atom. The van der Waals surface area contributed by atoms with Crippen LogP contribution in [0, 0.1) is 6.92 Å². The molecule has 0 spiro atoms. The van der Waals surface area contributed by atoms with Crippen LogP contribution in [0.3, 0.4) is 0 Å². The van der Waals surface area contributed by atoms with Crippen molar-refractivity contribution < 1.29 is 4.79 Å². The summed E-state index contributed by atoms with van der Waals surface area (Å²) in [4.78, 5) is 25.4. The van der Waals surface area contributed by atoms with Crippen molar-refractivity contribution in [3.8, 4) is 0 Å². The zero-order valence-electron chi connectivity index (χ0n) is 19.7. The van der Waals surface area contributed by atoms with E-state index in [4.69, 9.17) is 5.73 Å². The second-order valence-electron chi connectivity index (χ2n) is 8.93. The summed E-state index contributed by atoms with van der Waals surface area (Å²) in [7, 11) is 2.72. The number of carbonyl (C=O) groups is 1. The van der Waals surface area contributed by atoms with Crippen LogP contribution in [0.5, 0.6) is 0 Å². The van der Waals surface area contributed by atoms with E-state index in [1.165, 1.54) is 42.5 Å². The summed E-state index contributed by atoms with van der Waals surface area (Å²) in [6.45, 7) is 5.31. The van der Waals surface area contributed by atoms with Crippen LogP contribution in [0.15, 0.2) is 48.8 Å². The molecule has 0 saturated carbocycles. The minimum Gasteiger partial charge on any atom is -0.397 e. The van der Waals surface area contributed by atoms with Crippen LogP contribution < -0.4 is 21.7 Å². The third-order valence-electron chi connectivity index (χ3n) is 6.33. The zero-order valence-corrected chi connectivity index (χ0v) is 21.6. The molecule has 0 bridgehead atoms. The maximum absolute atomic E-state index is 13.1. The number of nitrogens with zero attached hydrogens (tertiary/aromatic N) is 3. The molecule has 4 N–H and O–H groups in total. The maximum Gasteiger partial charge on any atom is 0.267 e. The molecule has 1 saturated heterocycles. The van der Waals surface area contributed by atoms with Crippen LogP contribution in [-0.4, -0.2) is 33.9 Å². The van der Waals surface area contributed by atoms with Gasteiger partial charge in [-0.1, -0.05) is 24.6 Å². The summed E-state index contributed by atoms with van der Waals surface area (Å²) in [6, 6.07) is 14.1. The Bertz CT molecular complexity index is 1360. The van der Waals surface area contributed by atoms with Crippen LogP contribution in [0.25, 0.3) is 10.2 Å². The van der Waals surface area contributed by atoms with Gasteiger partial charge in [-0.05, 0) is 73.6 Å². The Morgan fingerprint density at radius 3 is 2.57 bits per heavy atom. The second kappa shape index (κ2) is 10.3. The van der Waals surface area contributed by atoms with Crippen molar-refractivity contribution in [1.82, 2.24) is 14.9 Å². The van der Waals surface area contributed by atoms with Gasteiger partial charge in [-0.3, -0.25) is 9.69 Å². The Morgan fingerprint density at radius 2 is 1.83 bits per heavy atom. The van der Waals surface area contributed by atoms with Crippen molar-refractivity contribution in [2.45, 2.75) is 32.7 Å². The van der Waals surface area contributed by atoms with Crippen LogP contribution in [-0.2, 0) is 6.54 Å². The number of nitrogen functional groups attached to an aromatic ring is 1. The molecule has 1 aliphatic rings. The summed E-state index contributed by atoms with van der Waals surface area (Å²) < 4.78 is 0. The number of hydrogen-bond donors (Lipinski definition) is 3. The van der Waals surface area contributed by atoms with Gasteiger partial charge in [-0.25, -0.2) is 9.97 Å². The number of aromatic nitrogens is 2. The number of rotatable bonds is 6. The summed E-state index contributed by atoms with van der Waals surface area (Å²) >= 11 is 1.27. The summed E-state index contributed by atoms with van der Waals surface area (Å²) in [5.74, 6) is 0.337. The number of nitrogens with one attached hydrogen (secondary N) is 2. The lowest BCUT2D eigenvalue weighted by atomic mass is 10.1. The van der Waals surface area contributed by atoms with E-state index in [9.17, 15) is 4.79 Å². The van der Waals surface area contributed by atoms with Crippen LogP contribution in [0.2, 0.25) is 0 Å². The zero-order chi connectivity index (χ0) is 24.4. The van der Waals surface area contributed by atoms with Crippen molar-refractivity contribution >= 4 is 64.9 Å². The molecule has 0 aliphatic carbocycles. The molecule has 180 valence electrons. The molecule has 35 heavy (non-hydrogen) atoms. The van der Waals surface area contributed by atoms with E-state index in [1.807, 2.05) is 37.3 Å². The molecule has 0 radical (unpaired) electrons. The van der Waals surface area contributed by atoms with E-state index in [0.717, 1.165) is 41.9 Å². The van der Waals surface area contributed by atoms with Gasteiger partial charge in [0.1, 0.15) is 21.9 Å². The van der Waals surface area contributed by atoms with Gasteiger partial charge in [0.15, 0.2) is 0 Å². The lowest BCUT2D eigenvalue weighted by molar-refractivity contribution is 0.103. The Labute approximate surface area is 211 Å². The molecule has 4 aromatic rings. The first-order valence-corrected chi connectivity index (χ1v) is 13.2. The minimum atomic E-state index is -0.247. The lowest BCUT2D eigenvalue weighted by Gasteiger charge is -2.26. The molecule has 7 nitrogen and oxygen atoms in total. The maximum atomic E-state index is 13.1. The van der Waals surface area contributed by atoms with E-state index in [2.05, 4.69) is 46.9 Å². The van der Waals surface area contributed by atoms with Crippen LogP contribution >= 0.6 is 20.6 Å². The molecule has 2 aromatic heterocycles. The molecule has 5 rings (SSSR count). The topological polar surface area (TPSA) is 96.2 Å². The monoisotopic (exact) mass is 504 g/mol. The number of carbonyl (C=O) groups excluding carboxylic acids is 1. The number of hydrogen-bond acceptors (Lipinski definition) is 7. The molecule has 1 aliphatic heterocycles. The highest BCUT2D eigenvalue weighted by atomic mass is 32.1. The van der Waals surface area contributed by atoms with Crippen molar-refractivity contribution in [3.63, 3.8) is 0 Å².